The zero-order valence-electron chi connectivity index (χ0n) is 10.5. The van der Waals surface area contributed by atoms with Crippen molar-refractivity contribution >= 4 is 44.5 Å². The highest BCUT2D eigenvalue weighted by Crippen LogP contribution is 2.49. The maximum Gasteiger partial charge on any atom is 0.302 e. The third-order valence-electron chi connectivity index (χ3n) is 3.60. The minimum Gasteiger partial charge on any atom is -0.267 e. The Morgan fingerprint density at radius 3 is 2.80 bits per heavy atom. The predicted molar refractivity (Wildman–Crippen MR) is 82.7 cm³/mol. The van der Waals surface area contributed by atoms with E-state index in [1.165, 1.54) is 11.8 Å². The van der Waals surface area contributed by atoms with Crippen LogP contribution < -0.4 is 0 Å². The van der Waals surface area contributed by atoms with Crippen LogP contribution in [0.25, 0.3) is 10.9 Å². The first-order valence-corrected chi connectivity index (χ1v) is 7.87. The average Bonchev–Trinajstić information content (AvgIpc) is 2.42. The van der Waals surface area contributed by atoms with Gasteiger partial charge in [0.15, 0.2) is 0 Å². The van der Waals surface area contributed by atoms with E-state index < -0.39 is 10.7 Å². The first-order valence-electron chi connectivity index (χ1n) is 6.26. The summed E-state index contributed by atoms with van der Waals surface area (Å²) in [6, 6.07) is 7.73. The number of carbonyl (C=O) groups excluding carboxylic acids is 1. The zero-order valence-corrected chi connectivity index (χ0v) is 12.9. The molecule has 1 aromatic carbocycles. The molecule has 0 atom stereocenters. The highest BCUT2D eigenvalue weighted by molar-refractivity contribution is 9.10. The molecule has 1 aliphatic carbocycles. The van der Waals surface area contributed by atoms with Crippen molar-refractivity contribution in [1.29, 1.82) is 0 Å². The highest BCUT2D eigenvalue weighted by Gasteiger charge is 2.46. The van der Waals surface area contributed by atoms with E-state index in [-0.39, 0.29) is 0 Å². The Bertz CT molecular complexity index is 701. The van der Waals surface area contributed by atoms with Crippen LogP contribution >= 0.6 is 27.7 Å². The second kappa shape index (κ2) is 5.26. The van der Waals surface area contributed by atoms with Crippen molar-refractivity contribution in [3.8, 4) is 0 Å². The number of nitroso groups, excluding NO2 is 1. The van der Waals surface area contributed by atoms with Crippen molar-refractivity contribution in [2.45, 2.75) is 28.9 Å². The summed E-state index contributed by atoms with van der Waals surface area (Å²) in [5.74, 6) is -0.547. The summed E-state index contributed by atoms with van der Waals surface area (Å²) in [5, 5.41) is 3.63. The van der Waals surface area contributed by atoms with Gasteiger partial charge in [-0.05, 0) is 43.5 Å². The van der Waals surface area contributed by atoms with E-state index in [4.69, 9.17) is 0 Å². The van der Waals surface area contributed by atoms with Crippen LogP contribution in [0.2, 0.25) is 0 Å². The molecule has 3 rings (SSSR count). The zero-order chi connectivity index (χ0) is 14.2. The lowest BCUT2D eigenvalue weighted by Crippen LogP contribution is -2.40. The summed E-state index contributed by atoms with van der Waals surface area (Å²) in [6.45, 7) is 0. The van der Waals surface area contributed by atoms with E-state index in [0.717, 1.165) is 26.7 Å². The molecule has 0 N–H and O–H groups in total. The molecule has 102 valence electrons. The maximum atomic E-state index is 11.8. The molecular formula is C14H11BrN2O2S. The molecule has 2 aromatic rings. The van der Waals surface area contributed by atoms with E-state index in [1.807, 2.05) is 24.3 Å². The van der Waals surface area contributed by atoms with Gasteiger partial charge >= 0.3 is 5.91 Å². The van der Waals surface area contributed by atoms with Crippen molar-refractivity contribution < 1.29 is 4.79 Å². The predicted octanol–water partition coefficient (Wildman–Crippen LogP) is 4.31. The largest absolute Gasteiger partial charge is 0.302 e. The minimum absolute atomic E-state index is 0.547. The Kier molecular flexibility index (Phi) is 3.60. The van der Waals surface area contributed by atoms with Crippen molar-refractivity contribution in [3.63, 3.8) is 0 Å². The maximum absolute atomic E-state index is 11.8. The second-order valence-corrected chi connectivity index (χ2v) is 7.16. The molecule has 4 nitrogen and oxygen atoms in total. The smallest absolute Gasteiger partial charge is 0.267 e. The van der Waals surface area contributed by atoms with Crippen LogP contribution in [-0.4, -0.2) is 15.6 Å². The van der Waals surface area contributed by atoms with Gasteiger partial charge in [0, 0.05) is 26.1 Å². The molecular weight excluding hydrogens is 340 g/mol. The molecule has 20 heavy (non-hydrogen) atoms. The number of thioether (sulfide) groups is 1. The fourth-order valence-corrected chi connectivity index (χ4v) is 4.14. The Labute approximate surface area is 128 Å². The van der Waals surface area contributed by atoms with E-state index >= 15 is 0 Å². The van der Waals surface area contributed by atoms with Crippen molar-refractivity contribution in [2.75, 3.05) is 0 Å². The average molecular weight is 351 g/mol. The lowest BCUT2D eigenvalue weighted by molar-refractivity contribution is -0.122. The van der Waals surface area contributed by atoms with Gasteiger partial charge in [-0.1, -0.05) is 15.9 Å². The molecule has 0 bridgehead atoms. The van der Waals surface area contributed by atoms with Crippen LogP contribution in [-0.2, 0) is 4.79 Å². The van der Waals surface area contributed by atoms with Gasteiger partial charge < -0.3 is 0 Å². The van der Waals surface area contributed by atoms with Gasteiger partial charge in [0.25, 0.3) is 0 Å². The molecule has 1 heterocycles. The topological polar surface area (TPSA) is 59.4 Å². The summed E-state index contributed by atoms with van der Waals surface area (Å²) in [7, 11) is 0. The molecule has 1 aliphatic rings. The van der Waals surface area contributed by atoms with Crippen LogP contribution in [0, 0.1) is 4.91 Å². The van der Waals surface area contributed by atoms with E-state index in [0.29, 0.717) is 12.8 Å². The first kappa shape index (κ1) is 13.7. The van der Waals surface area contributed by atoms with Gasteiger partial charge in [0.1, 0.15) is 4.75 Å². The number of rotatable bonds is 3. The van der Waals surface area contributed by atoms with Crippen LogP contribution in [0.3, 0.4) is 0 Å². The normalized spacial score (nSPS) is 16.6. The molecule has 6 heteroatoms. The number of hydrogen-bond donors (Lipinski definition) is 0. The van der Waals surface area contributed by atoms with Gasteiger partial charge in [0.05, 0.1) is 5.52 Å². The van der Waals surface area contributed by atoms with Crippen LogP contribution in [0.15, 0.2) is 45.0 Å². The van der Waals surface area contributed by atoms with Gasteiger partial charge in [-0.2, -0.15) is 0 Å². The molecule has 0 aliphatic heterocycles. The number of pyridine rings is 1. The third kappa shape index (κ3) is 2.27. The van der Waals surface area contributed by atoms with Crippen LogP contribution in [0.5, 0.6) is 0 Å². The number of nitrogens with zero attached hydrogens (tertiary/aromatic N) is 2. The number of hydrogen-bond acceptors (Lipinski definition) is 4. The molecule has 0 radical (unpaired) electrons. The lowest BCUT2D eigenvalue weighted by atomic mass is 9.84. The second-order valence-electron chi connectivity index (χ2n) is 4.82. The Balaban J connectivity index is 2.04. The first-order chi connectivity index (χ1) is 9.64. The van der Waals surface area contributed by atoms with E-state index in [9.17, 15) is 9.70 Å². The number of fused-ring (bicyclic) bond motifs is 1. The standard InChI is InChI=1S/C14H11BrN2O2S/c15-9-2-3-11-10(8-9)12(4-7-16-11)20-14(5-1-6-14)13(18)17-19/h2-4,7-8H,1,5-6H2. The monoisotopic (exact) mass is 350 g/mol. The highest BCUT2D eigenvalue weighted by atomic mass is 79.9. The summed E-state index contributed by atoms with van der Waals surface area (Å²) in [6.07, 6.45) is 4.10. The minimum atomic E-state index is -0.668. The Morgan fingerprint density at radius 1 is 1.35 bits per heavy atom. The third-order valence-corrected chi connectivity index (χ3v) is 5.65. The summed E-state index contributed by atoms with van der Waals surface area (Å²) < 4.78 is 0.292. The molecule has 1 fully saturated rings. The number of carbonyl (C=O) groups is 1. The summed E-state index contributed by atoms with van der Waals surface area (Å²) in [5.41, 5.74) is 0.874. The molecule has 0 unspecified atom stereocenters. The lowest BCUT2D eigenvalue weighted by Gasteiger charge is -2.37. The van der Waals surface area contributed by atoms with Gasteiger partial charge in [0.2, 0.25) is 0 Å². The SMILES string of the molecule is O=NC(=O)C1(Sc2ccnc3ccc(Br)cc23)CCC1. The van der Waals surface area contributed by atoms with Crippen LogP contribution in [0.4, 0.5) is 0 Å². The summed E-state index contributed by atoms with van der Waals surface area (Å²) in [4.78, 5) is 27.7. The van der Waals surface area contributed by atoms with Gasteiger partial charge in [-0.15, -0.1) is 16.7 Å². The van der Waals surface area contributed by atoms with E-state index in [2.05, 4.69) is 26.1 Å². The number of halogens is 1. The van der Waals surface area contributed by atoms with Crippen LogP contribution in [0.1, 0.15) is 19.3 Å². The van der Waals surface area contributed by atoms with Crippen molar-refractivity contribution in [3.05, 3.63) is 39.8 Å². The molecule has 1 saturated carbocycles. The van der Waals surface area contributed by atoms with Crippen molar-refractivity contribution in [2.24, 2.45) is 5.18 Å². The molecule has 1 amide bonds. The fourth-order valence-electron chi connectivity index (χ4n) is 2.33. The molecule has 1 aromatic heterocycles. The van der Waals surface area contributed by atoms with Crippen molar-refractivity contribution in [1.82, 2.24) is 4.98 Å². The number of amides is 1. The fraction of sp³-hybridized carbons (Fsp3) is 0.286. The van der Waals surface area contributed by atoms with Gasteiger partial charge in [-0.25, -0.2) is 0 Å². The number of aromatic nitrogens is 1. The molecule has 0 spiro atoms. The Morgan fingerprint density at radius 2 is 2.15 bits per heavy atom. The van der Waals surface area contributed by atoms with Gasteiger partial charge in [-0.3, -0.25) is 9.78 Å². The summed E-state index contributed by atoms with van der Waals surface area (Å²) >= 11 is 4.89. The molecule has 0 saturated heterocycles. The quantitative estimate of drug-likeness (QED) is 0.774. The van der Waals surface area contributed by atoms with E-state index in [1.54, 1.807) is 6.20 Å². The number of benzene rings is 1. The Hall–Kier alpha value is -1.27.